The molecule has 0 aromatic heterocycles. The number of halogens is 4. The van der Waals surface area contributed by atoms with Crippen LogP contribution in [0.15, 0.2) is 47.4 Å². The zero-order valence-corrected chi connectivity index (χ0v) is 16.5. The van der Waals surface area contributed by atoms with E-state index in [1.54, 1.807) is 0 Å². The minimum atomic E-state index is -4.61. The van der Waals surface area contributed by atoms with Crippen molar-refractivity contribution in [2.45, 2.75) is 24.9 Å². The monoisotopic (exact) mass is 434 g/mol. The summed E-state index contributed by atoms with van der Waals surface area (Å²) in [5, 5.41) is 2.68. The first kappa shape index (κ1) is 22.0. The summed E-state index contributed by atoms with van der Waals surface area (Å²) >= 11 is 5.99. The van der Waals surface area contributed by atoms with Crippen molar-refractivity contribution in [2.24, 2.45) is 5.92 Å². The highest BCUT2D eigenvalue weighted by Crippen LogP contribution is 2.31. The van der Waals surface area contributed by atoms with E-state index in [0.717, 1.165) is 24.3 Å². The maximum Gasteiger partial charge on any atom is 0.416 e. The van der Waals surface area contributed by atoms with Gasteiger partial charge in [-0.15, -0.1) is 0 Å². The van der Waals surface area contributed by atoms with Crippen LogP contribution in [-0.4, -0.2) is 20.9 Å². The van der Waals surface area contributed by atoms with Gasteiger partial charge in [-0.2, -0.15) is 13.2 Å². The van der Waals surface area contributed by atoms with E-state index in [0.29, 0.717) is 12.6 Å². The van der Waals surface area contributed by atoms with Crippen LogP contribution in [0.3, 0.4) is 0 Å². The van der Waals surface area contributed by atoms with Crippen LogP contribution in [0.2, 0.25) is 5.02 Å². The minimum absolute atomic E-state index is 0.0470. The number of rotatable bonds is 6. The van der Waals surface area contributed by atoms with Gasteiger partial charge in [0.1, 0.15) is 0 Å². The first-order valence-corrected chi connectivity index (χ1v) is 10.0. The smallest absolute Gasteiger partial charge is 0.352 e. The van der Waals surface area contributed by atoms with Crippen molar-refractivity contribution < 1.29 is 26.4 Å². The van der Waals surface area contributed by atoms with Crippen molar-refractivity contribution in [3.63, 3.8) is 0 Å². The molecule has 0 fully saturated rings. The summed E-state index contributed by atoms with van der Waals surface area (Å²) in [6.45, 7) is 4.15. The van der Waals surface area contributed by atoms with E-state index in [1.165, 1.54) is 12.1 Å². The second kappa shape index (κ2) is 8.40. The zero-order chi connectivity index (χ0) is 21.1. The Bertz CT molecular complexity index is 976. The van der Waals surface area contributed by atoms with E-state index in [4.69, 9.17) is 11.6 Å². The van der Waals surface area contributed by atoms with Gasteiger partial charge in [0.2, 0.25) is 0 Å². The fourth-order valence-corrected chi connectivity index (χ4v) is 3.49. The lowest BCUT2D eigenvalue weighted by atomic mass is 10.2. The van der Waals surface area contributed by atoms with Gasteiger partial charge in [0.05, 0.1) is 21.0 Å². The minimum Gasteiger partial charge on any atom is -0.352 e. The molecule has 152 valence electrons. The molecule has 2 aromatic carbocycles. The molecule has 0 bridgehead atoms. The van der Waals surface area contributed by atoms with Gasteiger partial charge in [-0.25, -0.2) is 8.42 Å². The molecule has 0 saturated heterocycles. The third kappa shape index (κ3) is 5.62. The van der Waals surface area contributed by atoms with Gasteiger partial charge < -0.3 is 5.32 Å². The lowest BCUT2D eigenvalue weighted by Crippen LogP contribution is -2.27. The maximum atomic E-state index is 12.8. The summed E-state index contributed by atoms with van der Waals surface area (Å²) in [5.41, 5.74) is -1.29. The zero-order valence-electron chi connectivity index (χ0n) is 15.0. The molecule has 0 unspecified atom stereocenters. The van der Waals surface area contributed by atoms with Crippen LogP contribution in [0.4, 0.5) is 18.9 Å². The van der Waals surface area contributed by atoms with E-state index in [2.05, 4.69) is 10.0 Å². The number of amides is 1. The van der Waals surface area contributed by atoms with E-state index in [9.17, 15) is 26.4 Å². The van der Waals surface area contributed by atoms with Crippen molar-refractivity contribution in [1.82, 2.24) is 5.32 Å². The average molecular weight is 435 g/mol. The lowest BCUT2D eigenvalue weighted by Gasteiger charge is -2.13. The molecule has 28 heavy (non-hydrogen) atoms. The molecule has 0 spiro atoms. The third-order valence-corrected chi connectivity index (χ3v) is 5.31. The maximum absolute atomic E-state index is 12.8. The highest BCUT2D eigenvalue weighted by molar-refractivity contribution is 7.92. The number of benzene rings is 2. The summed E-state index contributed by atoms with van der Waals surface area (Å²) < 4.78 is 65.6. The van der Waals surface area contributed by atoms with Crippen LogP contribution >= 0.6 is 11.6 Å². The molecule has 0 atom stereocenters. The predicted molar refractivity (Wildman–Crippen MR) is 101 cm³/mol. The number of alkyl halides is 3. The molecule has 2 rings (SSSR count). The van der Waals surface area contributed by atoms with E-state index < -0.39 is 27.7 Å². The van der Waals surface area contributed by atoms with Gasteiger partial charge in [0, 0.05) is 12.2 Å². The number of carbonyl (C=O) groups is 1. The molecule has 5 nitrogen and oxygen atoms in total. The van der Waals surface area contributed by atoms with Crippen LogP contribution in [0.5, 0.6) is 0 Å². The lowest BCUT2D eigenvalue weighted by molar-refractivity contribution is -0.137. The number of anilines is 1. The summed E-state index contributed by atoms with van der Waals surface area (Å²) in [4.78, 5) is 11.9. The molecular formula is C18H18ClF3N2O3S. The molecule has 0 saturated carbocycles. The molecule has 0 aliphatic carbocycles. The molecule has 0 aliphatic heterocycles. The molecule has 2 aromatic rings. The topological polar surface area (TPSA) is 75.3 Å². The fraction of sp³-hybridized carbons (Fsp3) is 0.278. The fourth-order valence-electron chi connectivity index (χ4n) is 2.21. The summed E-state index contributed by atoms with van der Waals surface area (Å²) in [6.07, 6.45) is -4.61. The first-order valence-electron chi connectivity index (χ1n) is 8.18. The normalized spacial score (nSPS) is 12.1. The van der Waals surface area contributed by atoms with Crippen molar-refractivity contribution in [3.8, 4) is 0 Å². The Labute approximate surface area is 166 Å². The van der Waals surface area contributed by atoms with Crippen LogP contribution in [-0.2, 0) is 16.2 Å². The predicted octanol–water partition coefficient (Wildman–Crippen LogP) is 4.55. The van der Waals surface area contributed by atoms with Gasteiger partial charge in [0.15, 0.2) is 0 Å². The number of sulfonamides is 1. The van der Waals surface area contributed by atoms with Gasteiger partial charge in [-0.3, -0.25) is 9.52 Å². The standard InChI is InChI=1S/C18H18ClF3N2O3S/c1-11(2)10-23-17(25)15-9-14(6-7-16(15)19)28(26,27)24-13-5-3-4-12(8-13)18(20,21)22/h3-9,11,24H,10H2,1-2H3,(H,23,25). The highest BCUT2D eigenvalue weighted by atomic mass is 35.5. The Kier molecular flexibility index (Phi) is 6.61. The van der Waals surface area contributed by atoms with Crippen LogP contribution in [0.1, 0.15) is 29.8 Å². The first-order chi connectivity index (χ1) is 12.9. The van der Waals surface area contributed by atoms with Crippen LogP contribution in [0.25, 0.3) is 0 Å². The van der Waals surface area contributed by atoms with Crippen LogP contribution in [0, 0.1) is 5.92 Å². The number of carbonyl (C=O) groups excluding carboxylic acids is 1. The Morgan fingerprint density at radius 1 is 1.14 bits per heavy atom. The average Bonchev–Trinajstić information content (AvgIpc) is 2.59. The van der Waals surface area contributed by atoms with Crippen molar-refractivity contribution in [2.75, 3.05) is 11.3 Å². The summed E-state index contributed by atoms with van der Waals surface area (Å²) in [5.74, 6) is -0.368. The Hall–Kier alpha value is -2.26. The van der Waals surface area contributed by atoms with Crippen molar-refractivity contribution >= 4 is 33.2 Å². The molecule has 0 radical (unpaired) electrons. The molecule has 10 heteroatoms. The van der Waals surface area contributed by atoms with Gasteiger partial charge in [-0.05, 0) is 42.3 Å². The van der Waals surface area contributed by atoms with Crippen LogP contribution < -0.4 is 10.0 Å². The second-order valence-corrected chi connectivity index (χ2v) is 8.52. The number of hydrogen-bond donors (Lipinski definition) is 2. The Morgan fingerprint density at radius 3 is 2.43 bits per heavy atom. The quantitative estimate of drug-likeness (QED) is 0.700. The van der Waals surface area contributed by atoms with Gasteiger partial charge >= 0.3 is 6.18 Å². The van der Waals surface area contributed by atoms with E-state index in [1.807, 2.05) is 13.8 Å². The molecule has 0 aliphatic rings. The number of nitrogens with one attached hydrogen (secondary N) is 2. The van der Waals surface area contributed by atoms with Crippen molar-refractivity contribution in [1.29, 1.82) is 0 Å². The van der Waals surface area contributed by atoms with Gasteiger partial charge in [-0.1, -0.05) is 31.5 Å². The highest BCUT2D eigenvalue weighted by Gasteiger charge is 2.30. The SMILES string of the molecule is CC(C)CNC(=O)c1cc(S(=O)(=O)Nc2cccc(C(F)(F)F)c2)ccc1Cl. The third-order valence-electron chi connectivity index (χ3n) is 3.61. The molecule has 0 heterocycles. The van der Waals surface area contributed by atoms with E-state index in [-0.39, 0.29) is 27.1 Å². The Balaban J connectivity index is 2.31. The number of hydrogen-bond acceptors (Lipinski definition) is 3. The molecular weight excluding hydrogens is 417 g/mol. The summed E-state index contributed by atoms with van der Waals surface area (Å²) in [7, 11) is -4.24. The Morgan fingerprint density at radius 2 is 1.82 bits per heavy atom. The second-order valence-electron chi connectivity index (χ2n) is 6.43. The molecule has 1 amide bonds. The van der Waals surface area contributed by atoms with Crippen molar-refractivity contribution in [3.05, 3.63) is 58.6 Å². The van der Waals surface area contributed by atoms with E-state index >= 15 is 0 Å². The largest absolute Gasteiger partial charge is 0.416 e. The summed E-state index contributed by atoms with van der Waals surface area (Å²) in [6, 6.07) is 7.28. The van der Waals surface area contributed by atoms with Gasteiger partial charge in [0.25, 0.3) is 15.9 Å². The molecule has 2 N–H and O–H groups in total.